The lowest BCUT2D eigenvalue weighted by molar-refractivity contribution is 0.0697. The van der Waals surface area contributed by atoms with Crippen LogP contribution in [-0.2, 0) is 6.54 Å². The van der Waals surface area contributed by atoms with Crippen LogP contribution >= 0.6 is 0 Å². The molecule has 3 rings (SSSR count). The van der Waals surface area contributed by atoms with Gasteiger partial charge in [0.2, 0.25) is 0 Å². The van der Waals surface area contributed by atoms with E-state index in [1.807, 2.05) is 55.5 Å². The number of rotatable bonds is 6. The number of carboxylic acid groups (broad SMARTS) is 1. The van der Waals surface area contributed by atoms with E-state index in [2.05, 4.69) is 5.32 Å². The van der Waals surface area contributed by atoms with Crippen molar-refractivity contribution in [1.29, 1.82) is 0 Å². The van der Waals surface area contributed by atoms with Crippen LogP contribution in [0.25, 0.3) is 0 Å². The molecule has 0 unspecified atom stereocenters. The van der Waals surface area contributed by atoms with Gasteiger partial charge in [0.15, 0.2) is 0 Å². The van der Waals surface area contributed by atoms with Crippen molar-refractivity contribution in [1.82, 2.24) is 0 Å². The molecular formula is C21H19NO3. The first-order chi connectivity index (χ1) is 12.1. The number of anilines is 1. The highest BCUT2D eigenvalue weighted by atomic mass is 16.5. The van der Waals surface area contributed by atoms with E-state index in [4.69, 9.17) is 9.84 Å². The number of aromatic carboxylic acids is 1. The fourth-order valence-corrected chi connectivity index (χ4v) is 2.40. The van der Waals surface area contributed by atoms with E-state index in [0.29, 0.717) is 6.54 Å². The number of benzene rings is 3. The minimum Gasteiger partial charge on any atom is -0.478 e. The maximum absolute atomic E-state index is 10.9. The molecule has 0 aromatic heterocycles. The summed E-state index contributed by atoms with van der Waals surface area (Å²) >= 11 is 0. The van der Waals surface area contributed by atoms with Gasteiger partial charge >= 0.3 is 5.97 Å². The zero-order valence-electron chi connectivity index (χ0n) is 13.9. The SMILES string of the molecule is Cc1ccc(Oc2cccc(CNc3ccc(C(=O)O)cc3)c2)cc1. The smallest absolute Gasteiger partial charge is 0.335 e. The molecule has 126 valence electrons. The Balaban J connectivity index is 1.63. The Labute approximate surface area is 146 Å². The first-order valence-corrected chi connectivity index (χ1v) is 8.01. The zero-order valence-corrected chi connectivity index (χ0v) is 13.9. The predicted octanol–water partition coefficient (Wildman–Crippen LogP) is 5.10. The third kappa shape index (κ3) is 4.61. The fraction of sp³-hybridized carbons (Fsp3) is 0.0952. The second kappa shape index (κ2) is 7.53. The van der Waals surface area contributed by atoms with Crippen LogP contribution < -0.4 is 10.1 Å². The van der Waals surface area contributed by atoms with Gasteiger partial charge in [0, 0.05) is 12.2 Å². The van der Waals surface area contributed by atoms with E-state index in [1.165, 1.54) is 5.56 Å². The molecule has 4 nitrogen and oxygen atoms in total. The minimum absolute atomic E-state index is 0.277. The van der Waals surface area contributed by atoms with Gasteiger partial charge in [-0.2, -0.15) is 0 Å². The van der Waals surface area contributed by atoms with Crippen LogP contribution in [0.3, 0.4) is 0 Å². The Kier molecular flexibility index (Phi) is 5.00. The summed E-state index contributed by atoms with van der Waals surface area (Å²) in [6, 6.07) is 22.5. The van der Waals surface area contributed by atoms with Crippen molar-refractivity contribution in [2.75, 3.05) is 5.32 Å². The summed E-state index contributed by atoms with van der Waals surface area (Å²) in [7, 11) is 0. The third-order valence-electron chi connectivity index (χ3n) is 3.78. The molecule has 0 amide bonds. The second-order valence-electron chi connectivity index (χ2n) is 5.80. The maximum Gasteiger partial charge on any atom is 0.335 e. The van der Waals surface area contributed by atoms with Crippen molar-refractivity contribution in [2.45, 2.75) is 13.5 Å². The van der Waals surface area contributed by atoms with Crippen LogP contribution in [0.2, 0.25) is 0 Å². The molecule has 0 heterocycles. The molecule has 0 atom stereocenters. The first kappa shape index (κ1) is 16.6. The van der Waals surface area contributed by atoms with Gasteiger partial charge in [0.25, 0.3) is 0 Å². The van der Waals surface area contributed by atoms with Crippen LogP contribution in [-0.4, -0.2) is 11.1 Å². The van der Waals surface area contributed by atoms with Crippen molar-refractivity contribution in [3.05, 3.63) is 89.5 Å². The fourth-order valence-electron chi connectivity index (χ4n) is 2.40. The summed E-state index contributed by atoms with van der Waals surface area (Å²) < 4.78 is 5.88. The topological polar surface area (TPSA) is 58.6 Å². The van der Waals surface area contributed by atoms with Crippen molar-refractivity contribution in [3.8, 4) is 11.5 Å². The van der Waals surface area contributed by atoms with Gasteiger partial charge in [0.05, 0.1) is 5.56 Å². The largest absolute Gasteiger partial charge is 0.478 e. The van der Waals surface area contributed by atoms with E-state index in [0.717, 1.165) is 22.7 Å². The molecule has 4 heteroatoms. The van der Waals surface area contributed by atoms with E-state index < -0.39 is 5.97 Å². The molecule has 0 fully saturated rings. The lowest BCUT2D eigenvalue weighted by atomic mass is 10.2. The molecular weight excluding hydrogens is 314 g/mol. The molecule has 0 bridgehead atoms. The van der Waals surface area contributed by atoms with Crippen molar-refractivity contribution >= 4 is 11.7 Å². The number of aryl methyl sites for hydroxylation is 1. The molecule has 0 aliphatic heterocycles. The number of ether oxygens (including phenoxy) is 1. The Morgan fingerprint density at radius 1 is 0.960 bits per heavy atom. The van der Waals surface area contributed by atoms with E-state index in [1.54, 1.807) is 24.3 Å². The molecule has 25 heavy (non-hydrogen) atoms. The molecule has 0 saturated carbocycles. The molecule has 0 saturated heterocycles. The summed E-state index contributed by atoms with van der Waals surface area (Å²) in [6.07, 6.45) is 0. The van der Waals surface area contributed by atoms with Gasteiger partial charge in [-0.3, -0.25) is 0 Å². The Morgan fingerprint density at radius 3 is 2.36 bits per heavy atom. The van der Waals surface area contributed by atoms with Crippen molar-refractivity contribution in [2.24, 2.45) is 0 Å². The maximum atomic E-state index is 10.9. The number of hydrogen-bond donors (Lipinski definition) is 2. The average molecular weight is 333 g/mol. The van der Waals surface area contributed by atoms with Gasteiger partial charge in [-0.05, 0) is 61.0 Å². The number of carbonyl (C=O) groups is 1. The van der Waals surface area contributed by atoms with Gasteiger partial charge < -0.3 is 15.2 Å². The standard InChI is InChI=1S/C21H19NO3/c1-15-5-11-19(12-6-15)25-20-4-2-3-16(13-20)14-22-18-9-7-17(8-10-18)21(23)24/h2-13,22H,14H2,1H3,(H,23,24). The Bertz CT molecular complexity index is 855. The highest BCUT2D eigenvalue weighted by Crippen LogP contribution is 2.23. The Morgan fingerprint density at radius 2 is 1.68 bits per heavy atom. The molecule has 0 aliphatic carbocycles. The van der Waals surface area contributed by atoms with Gasteiger partial charge in [-0.25, -0.2) is 4.79 Å². The van der Waals surface area contributed by atoms with Crippen LogP contribution in [0.4, 0.5) is 5.69 Å². The summed E-state index contributed by atoms with van der Waals surface area (Å²) in [4.78, 5) is 10.9. The summed E-state index contributed by atoms with van der Waals surface area (Å²) in [5, 5.41) is 12.2. The van der Waals surface area contributed by atoms with E-state index in [9.17, 15) is 4.79 Å². The van der Waals surface area contributed by atoms with Gasteiger partial charge in [-0.1, -0.05) is 29.8 Å². The van der Waals surface area contributed by atoms with Crippen molar-refractivity contribution < 1.29 is 14.6 Å². The molecule has 2 N–H and O–H groups in total. The first-order valence-electron chi connectivity index (χ1n) is 8.01. The van der Waals surface area contributed by atoms with Crippen LogP contribution in [0.1, 0.15) is 21.5 Å². The highest BCUT2D eigenvalue weighted by Gasteiger charge is 2.03. The third-order valence-corrected chi connectivity index (χ3v) is 3.78. The quantitative estimate of drug-likeness (QED) is 0.659. The number of carboxylic acids is 1. The van der Waals surface area contributed by atoms with Crippen LogP contribution in [0.15, 0.2) is 72.8 Å². The minimum atomic E-state index is -0.924. The molecule has 0 radical (unpaired) electrons. The molecule has 3 aromatic rings. The van der Waals surface area contributed by atoms with Crippen LogP contribution in [0.5, 0.6) is 11.5 Å². The van der Waals surface area contributed by atoms with E-state index >= 15 is 0 Å². The lowest BCUT2D eigenvalue weighted by Gasteiger charge is -2.10. The lowest BCUT2D eigenvalue weighted by Crippen LogP contribution is -2.01. The Hall–Kier alpha value is -3.27. The summed E-state index contributed by atoms with van der Waals surface area (Å²) in [5.41, 5.74) is 3.42. The molecule has 0 aliphatic rings. The number of nitrogens with one attached hydrogen (secondary N) is 1. The van der Waals surface area contributed by atoms with Crippen LogP contribution in [0, 0.1) is 6.92 Å². The second-order valence-corrected chi connectivity index (χ2v) is 5.80. The summed E-state index contributed by atoms with van der Waals surface area (Å²) in [6.45, 7) is 2.66. The van der Waals surface area contributed by atoms with E-state index in [-0.39, 0.29) is 5.56 Å². The van der Waals surface area contributed by atoms with Crippen molar-refractivity contribution in [3.63, 3.8) is 0 Å². The average Bonchev–Trinajstić information content (AvgIpc) is 2.63. The zero-order chi connectivity index (χ0) is 17.6. The monoisotopic (exact) mass is 333 g/mol. The van der Waals surface area contributed by atoms with Gasteiger partial charge in [0.1, 0.15) is 11.5 Å². The predicted molar refractivity (Wildman–Crippen MR) is 98.4 cm³/mol. The number of hydrogen-bond acceptors (Lipinski definition) is 3. The summed E-state index contributed by atoms with van der Waals surface area (Å²) in [5.74, 6) is 0.664. The molecule has 3 aromatic carbocycles. The highest BCUT2D eigenvalue weighted by molar-refractivity contribution is 5.87. The van der Waals surface area contributed by atoms with Gasteiger partial charge in [-0.15, -0.1) is 0 Å². The normalized spacial score (nSPS) is 10.3. The molecule has 0 spiro atoms.